The third-order valence-corrected chi connectivity index (χ3v) is 8.92. The highest BCUT2D eigenvalue weighted by Gasteiger charge is 2.33. The highest BCUT2D eigenvalue weighted by Crippen LogP contribution is 2.32. The molecule has 2 atom stereocenters. The second-order valence-electron chi connectivity index (χ2n) is 10.4. The van der Waals surface area contributed by atoms with Crippen LogP contribution in [0.3, 0.4) is 0 Å². The molecule has 0 spiro atoms. The second-order valence-corrected chi connectivity index (χ2v) is 12.2. The number of methoxy groups -OCH3 is 2. The fraction of sp³-hybridized carbons (Fsp3) is 0.375. The van der Waals surface area contributed by atoms with Gasteiger partial charge in [-0.1, -0.05) is 54.4 Å². The highest BCUT2D eigenvalue weighted by atomic mass is 32.2. The lowest BCUT2D eigenvalue weighted by atomic mass is 10.1. The molecule has 3 aromatic rings. The Morgan fingerprint density at radius 3 is 2.14 bits per heavy atom. The average molecular weight is 596 g/mol. The Morgan fingerprint density at radius 2 is 1.55 bits per heavy atom. The summed E-state index contributed by atoms with van der Waals surface area (Å²) < 4.78 is 39.9. The first kappa shape index (κ1) is 32.5. The van der Waals surface area contributed by atoms with E-state index < -0.39 is 28.5 Å². The third kappa shape index (κ3) is 7.82. The molecule has 0 saturated carbocycles. The number of ether oxygens (including phenoxy) is 2. The van der Waals surface area contributed by atoms with Crippen molar-refractivity contribution in [2.75, 3.05) is 25.1 Å². The number of nitrogens with one attached hydrogen (secondary N) is 1. The molecule has 0 aliphatic carbocycles. The van der Waals surface area contributed by atoms with E-state index in [2.05, 4.69) is 5.32 Å². The molecular weight excluding hydrogens is 554 g/mol. The minimum absolute atomic E-state index is 0.0682. The predicted octanol–water partition coefficient (Wildman–Crippen LogP) is 4.85. The molecule has 0 heterocycles. The van der Waals surface area contributed by atoms with E-state index in [1.54, 1.807) is 31.2 Å². The minimum atomic E-state index is -4.25. The molecule has 9 nitrogen and oxygen atoms in total. The quantitative estimate of drug-likeness (QED) is 0.303. The van der Waals surface area contributed by atoms with Gasteiger partial charge in [0, 0.05) is 18.7 Å². The van der Waals surface area contributed by atoms with Gasteiger partial charge < -0.3 is 19.7 Å². The summed E-state index contributed by atoms with van der Waals surface area (Å²) in [5, 5.41) is 2.94. The second kappa shape index (κ2) is 14.2. The first-order valence-corrected chi connectivity index (χ1v) is 15.3. The SMILES string of the molecule is CC[C@H](C)NC(=O)[C@H](C)N(Cc1cccc(C)c1)C(=O)CN(c1ccc(C)cc1)S(=O)(=O)c1ccc(OC)c(OC)c1. The van der Waals surface area contributed by atoms with Gasteiger partial charge in [0.2, 0.25) is 11.8 Å². The van der Waals surface area contributed by atoms with Crippen LogP contribution in [-0.2, 0) is 26.2 Å². The summed E-state index contributed by atoms with van der Waals surface area (Å²) in [4.78, 5) is 28.6. The lowest BCUT2D eigenvalue weighted by Gasteiger charge is -2.32. The molecular formula is C32H41N3O6S. The fourth-order valence-electron chi connectivity index (χ4n) is 4.40. The van der Waals surface area contributed by atoms with Gasteiger partial charge in [-0.2, -0.15) is 0 Å². The average Bonchev–Trinajstić information content (AvgIpc) is 2.98. The van der Waals surface area contributed by atoms with E-state index in [0.29, 0.717) is 11.4 Å². The van der Waals surface area contributed by atoms with E-state index in [9.17, 15) is 18.0 Å². The van der Waals surface area contributed by atoms with Crippen molar-refractivity contribution in [3.63, 3.8) is 0 Å². The van der Waals surface area contributed by atoms with Crippen LogP contribution in [0.15, 0.2) is 71.6 Å². The van der Waals surface area contributed by atoms with Gasteiger partial charge in [0.25, 0.3) is 10.0 Å². The van der Waals surface area contributed by atoms with Crippen molar-refractivity contribution in [2.45, 2.75) is 64.6 Å². The van der Waals surface area contributed by atoms with E-state index in [1.807, 2.05) is 52.0 Å². The lowest BCUT2D eigenvalue weighted by molar-refractivity contribution is -0.139. The number of rotatable bonds is 13. The summed E-state index contributed by atoms with van der Waals surface area (Å²) in [5.74, 6) is -0.215. The van der Waals surface area contributed by atoms with Crippen LogP contribution in [0.25, 0.3) is 0 Å². The predicted molar refractivity (Wildman–Crippen MR) is 164 cm³/mol. The van der Waals surface area contributed by atoms with Crippen LogP contribution in [-0.4, -0.2) is 58.0 Å². The van der Waals surface area contributed by atoms with Gasteiger partial charge in [0.15, 0.2) is 11.5 Å². The molecule has 2 amide bonds. The molecule has 0 unspecified atom stereocenters. The van der Waals surface area contributed by atoms with Gasteiger partial charge in [-0.15, -0.1) is 0 Å². The number of benzene rings is 3. The Kier molecular flexibility index (Phi) is 11.0. The molecule has 1 N–H and O–H groups in total. The summed E-state index contributed by atoms with van der Waals surface area (Å²) >= 11 is 0. The van der Waals surface area contributed by atoms with Crippen LogP contribution >= 0.6 is 0 Å². The summed E-state index contributed by atoms with van der Waals surface area (Å²) in [6.45, 7) is 8.97. The lowest BCUT2D eigenvalue weighted by Crippen LogP contribution is -2.52. The Bertz CT molecular complexity index is 1490. The van der Waals surface area contributed by atoms with Crippen molar-refractivity contribution < 1.29 is 27.5 Å². The normalized spacial score (nSPS) is 12.6. The van der Waals surface area contributed by atoms with Crippen LogP contribution in [0.5, 0.6) is 11.5 Å². The van der Waals surface area contributed by atoms with Gasteiger partial charge in [-0.25, -0.2) is 8.42 Å². The maximum atomic E-state index is 14.1. The fourth-order valence-corrected chi connectivity index (χ4v) is 5.83. The smallest absolute Gasteiger partial charge is 0.264 e. The molecule has 0 saturated heterocycles. The van der Waals surface area contributed by atoms with Crippen molar-refractivity contribution in [3.05, 3.63) is 83.4 Å². The van der Waals surface area contributed by atoms with Crippen LogP contribution in [0.4, 0.5) is 5.69 Å². The number of aryl methyl sites for hydroxylation is 2. The molecule has 42 heavy (non-hydrogen) atoms. The molecule has 0 aromatic heterocycles. The zero-order valence-corrected chi connectivity index (χ0v) is 26.2. The topological polar surface area (TPSA) is 105 Å². The summed E-state index contributed by atoms with van der Waals surface area (Å²) in [7, 11) is -1.37. The Labute approximate surface area is 249 Å². The molecule has 10 heteroatoms. The number of amides is 2. The highest BCUT2D eigenvalue weighted by molar-refractivity contribution is 7.92. The Balaban J connectivity index is 2.06. The first-order valence-electron chi connectivity index (χ1n) is 13.9. The van der Waals surface area contributed by atoms with Crippen molar-refractivity contribution >= 4 is 27.5 Å². The van der Waals surface area contributed by atoms with E-state index in [4.69, 9.17) is 9.47 Å². The number of sulfonamides is 1. The van der Waals surface area contributed by atoms with Gasteiger partial charge in [0.1, 0.15) is 12.6 Å². The van der Waals surface area contributed by atoms with Crippen LogP contribution in [0.1, 0.15) is 43.9 Å². The standard InChI is InChI=1S/C32H41N3O6S/c1-8-24(4)33-32(37)25(5)34(20-26-11-9-10-23(3)18-26)31(36)21-35(27-14-12-22(2)13-15-27)42(38,39)28-16-17-29(40-6)30(19-28)41-7/h9-19,24-25H,8,20-21H2,1-7H3,(H,33,37)/t24-,25-/m0/s1. The molecule has 3 rings (SSSR count). The molecule has 3 aromatic carbocycles. The maximum Gasteiger partial charge on any atom is 0.264 e. The zero-order valence-electron chi connectivity index (χ0n) is 25.4. The molecule has 0 radical (unpaired) electrons. The summed E-state index contributed by atoms with van der Waals surface area (Å²) in [6.07, 6.45) is 0.731. The van der Waals surface area contributed by atoms with Crippen molar-refractivity contribution in [2.24, 2.45) is 0 Å². The summed E-state index contributed by atoms with van der Waals surface area (Å²) in [6, 6.07) is 17.9. The first-order chi connectivity index (χ1) is 19.9. The number of carbonyl (C=O) groups is 2. The van der Waals surface area contributed by atoms with E-state index in [0.717, 1.165) is 27.4 Å². The number of hydrogen-bond acceptors (Lipinski definition) is 6. The maximum absolute atomic E-state index is 14.1. The van der Waals surface area contributed by atoms with E-state index in [1.165, 1.54) is 37.3 Å². The molecule has 0 aliphatic heterocycles. The zero-order chi connectivity index (χ0) is 31.0. The Hall–Kier alpha value is -4.05. The number of hydrogen-bond donors (Lipinski definition) is 1. The van der Waals surface area contributed by atoms with E-state index in [-0.39, 0.29) is 29.1 Å². The number of carbonyl (C=O) groups excluding carboxylic acids is 2. The third-order valence-electron chi connectivity index (χ3n) is 7.15. The monoisotopic (exact) mass is 595 g/mol. The van der Waals surface area contributed by atoms with Crippen molar-refractivity contribution in [3.8, 4) is 11.5 Å². The van der Waals surface area contributed by atoms with Gasteiger partial charge in [-0.05, 0) is 63.9 Å². The minimum Gasteiger partial charge on any atom is -0.493 e. The van der Waals surface area contributed by atoms with Gasteiger partial charge >= 0.3 is 0 Å². The molecule has 226 valence electrons. The largest absolute Gasteiger partial charge is 0.493 e. The summed E-state index contributed by atoms with van der Waals surface area (Å²) in [5.41, 5.74) is 3.09. The van der Waals surface area contributed by atoms with Crippen molar-refractivity contribution in [1.29, 1.82) is 0 Å². The van der Waals surface area contributed by atoms with Gasteiger partial charge in [-0.3, -0.25) is 13.9 Å². The van der Waals surface area contributed by atoms with Crippen molar-refractivity contribution in [1.82, 2.24) is 10.2 Å². The molecule has 0 fully saturated rings. The van der Waals surface area contributed by atoms with Crippen LogP contribution in [0.2, 0.25) is 0 Å². The number of anilines is 1. The molecule has 0 bridgehead atoms. The van der Waals surface area contributed by atoms with E-state index >= 15 is 0 Å². The molecule has 0 aliphatic rings. The van der Waals surface area contributed by atoms with Gasteiger partial charge in [0.05, 0.1) is 24.8 Å². The van der Waals surface area contributed by atoms with Crippen LogP contribution in [0, 0.1) is 13.8 Å². The van der Waals surface area contributed by atoms with Crippen LogP contribution < -0.4 is 19.1 Å². The number of nitrogens with zero attached hydrogens (tertiary/aromatic N) is 2. The Morgan fingerprint density at radius 1 is 0.881 bits per heavy atom.